The lowest BCUT2D eigenvalue weighted by Gasteiger charge is -2.14. The van der Waals surface area contributed by atoms with Crippen LogP contribution in [0.1, 0.15) is 6.92 Å². The van der Waals surface area contributed by atoms with E-state index in [-0.39, 0.29) is 11.7 Å². The van der Waals surface area contributed by atoms with E-state index in [2.05, 4.69) is 10.3 Å². The molecule has 0 aliphatic carbocycles. The zero-order valence-electron chi connectivity index (χ0n) is 15.1. The van der Waals surface area contributed by atoms with Gasteiger partial charge in [0.25, 0.3) is 5.91 Å². The van der Waals surface area contributed by atoms with Crippen molar-refractivity contribution in [3.8, 4) is 17.2 Å². The van der Waals surface area contributed by atoms with Crippen molar-refractivity contribution in [2.75, 3.05) is 5.32 Å². The van der Waals surface area contributed by atoms with Crippen LogP contribution in [0.4, 0.5) is 10.1 Å². The van der Waals surface area contributed by atoms with E-state index in [1.165, 1.54) is 24.3 Å². The Hall–Kier alpha value is -3.67. The second kappa shape index (κ2) is 7.52. The molecule has 0 fully saturated rings. The quantitative estimate of drug-likeness (QED) is 0.530. The molecule has 1 heterocycles. The average molecular weight is 376 g/mol. The van der Waals surface area contributed by atoms with Gasteiger partial charge < -0.3 is 14.5 Å². The van der Waals surface area contributed by atoms with E-state index in [1.54, 1.807) is 19.1 Å². The first-order chi connectivity index (χ1) is 13.6. The molecule has 0 unspecified atom stereocenters. The van der Waals surface area contributed by atoms with Crippen molar-refractivity contribution in [1.29, 1.82) is 0 Å². The molecule has 1 aromatic heterocycles. The van der Waals surface area contributed by atoms with Crippen molar-refractivity contribution in [2.24, 2.45) is 0 Å². The lowest BCUT2D eigenvalue weighted by molar-refractivity contribution is -0.122. The molecule has 6 heteroatoms. The first kappa shape index (κ1) is 17.7. The average Bonchev–Trinajstić information content (AvgIpc) is 3.14. The molecule has 0 aliphatic heterocycles. The highest BCUT2D eigenvalue weighted by Crippen LogP contribution is 2.25. The highest BCUT2D eigenvalue weighted by molar-refractivity contribution is 5.94. The third-order valence-electron chi connectivity index (χ3n) is 4.19. The predicted octanol–water partition coefficient (Wildman–Crippen LogP) is 5.04. The molecule has 4 rings (SSSR count). The van der Waals surface area contributed by atoms with E-state index in [0.717, 1.165) is 16.7 Å². The molecule has 140 valence electrons. The van der Waals surface area contributed by atoms with Gasteiger partial charge in [0.05, 0.1) is 0 Å². The summed E-state index contributed by atoms with van der Waals surface area (Å²) in [4.78, 5) is 16.8. The van der Waals surface area contributed by atoms with Crippen LogP contribution in [0.2, 0.25) is 0 Å². The summed E-state index contributed by atoms with van der Waals surface area (Å²) in [5.74, 6) is 0.282. The number of hydrogen-bond donors (Lipinski definition) is 1. The number of nitrogens with one attached hydrogen (secondary N) is 1. The fourth-order valence-corrected chi connectivity index (χ4v) is 2.71. The molecule has 0 saturated heterocycles. The Morgan fingerprint density at radius 1 is 1.04 bits per heavy atom. The van der Waals surface area contributed by atoms with Gasteiger partial charge >= 0.3 is 0 Å². The van der Waals surface area contributed by atoms with Crippen LogP contribution >= 0.6 is 0 Å². The Labute approximate surface area is 160 Å². The molecule has 0 spiro atoms. The molecule has 0 radical (unpaired) electrons. The molecule has 1 amide bonds. The monoisotopic (exact) mass is 376 g/mol. The van der Waals surface area contributed by atoms with Crippen LogP contribution < -0.4 is 10.1 Å². The number of nitrogens with zero attached hydrogens (tertiary/aromatic N) is 1. The van der Waals surface area contributed by atoms with Crippen LogP contribution in [0.25, 0.3) is 22.6 Å². The van der Waals surface area contributed by atoms with Gasteiger partial charge in [-0.15, -0.1) is 0 Å². The summed E-state index contributed by atoms with van der Waals surface area (Å²) >= 11 is 0. The van der Waals surface area contributed by atoms with Crippen LogP contribution in [-0.4, -0.2) is 17.0 Å². The highest BCUT2D eigenvalue weighted by atomic mass is 19.1. The van der Waals surface area contributed by atoms with Gasteiger partial charge in [0.2, 0.25) is 5.89 Å². The minimum Gasteiger partial charge on any atom is -0.481 e. The minimum absolute atomic E-state index is 0.307. The largest absolute Gasteiger partial charge is 0.481 e. The first-order valence-corrected chi connectivity index (χ1v) is 8.77. The van der Waals surface area contributed by atoms with Gasteiger partial charge in [0, 0.05) is 11.3 Å². The standard InChI is InChI=1S/C22H17FN2O3/c1-14(27-18-12-8-16(23)9-13-18)21(26)24-17-10-6-15(7-11-17)22-25-19-4-2-3-5-20(19)28-22/h2-14H,1H3,(H,24,26)/t14-/m0/s1. The van der Waals surface area contributed by atoms with Crippen molar-refractivity contribution in [2.45, 2.75) is 13.0 Å². The summed E-state index contributed by atoms with van der Waals surface area (Å²) in [6.07, 6.45) is -0.734. The van der Waals surface area contributed by atoms with Crippen LogP contribution in [0.3, 0.4) is 0 Å². The molecule has 0 bridgehead atoms. The van der Waals surface area contributed by atoms with Gasteiger partial charge in [-0.05, 0) is 67.6 Å². The van der Waals surface area contributed by atoms with Crippen molar-refractivity contribution >= 4 is 22.7 Å². The maximum absolute atomic E-state index is 12.9. The van der Waals surface area contributed by atoms with Crippen LogP contribution in [0.15, 0.2) is 77.2 Å². The number of fused-ring (bicyclic) bond motifs is 1. The summed E-state index contributed by atoms with van der Waals surface area (Å²) in [7, 11) is 0. The van der Waals surface area contributed by atoms with Crippen molar-refractivity contribution in [3.05, 3.63) is 78.6 Å². The van der Waals surface area contributed by atoms with E-state index in [1.807, 2.05) is 36.4 Å². The molecule has 5 nitrogen and oxygen atoms in total. The second-order valence-electron chi connectivity index (χ2n) is 6.27. The number of ether oxygens (including phenoxy) is 1. The molecular formula is C22H17FN2O3. The Morgan fingerprint density at radius 3 is 2.46 bits per heavy atom. The van der Waals surface area contributed by atoms with Gasteiger partial charge in [0.15, 0.2) is 11.7 Å². The molecule has 1 N–H and O–H groups in total. The molecule has 0 aliphatic rings. The maximum atomic E-state index is 12.9. The number of amides is 1. The van der Waals surface area contributed by atoms with E-state index in [9.17, 15) is 9.18 Å². The lowest BCUT2D eigenvalue weighted by Crippen LogP contribution is -2.30. The van der Waals surface area contributed by atoms with Crippen molar-refractivity contribution in [3.63, 3.8) is 0 Å². The SMILES string of the molecule is C[C@H](Oc1ccc(F)cc1)C(=O)Nc1ccc(-c2nc3ccccc3o2)cc1. The van der Waals surface area contributed by atoms with Crippen LogP contribution in [0, 0.1) is 5.82 Å². The predicted molar refractivity (Wildman–Crippen MR) is 105 cm³/mol. The summed E-state index contributed by atoms with van der Waals surface area (Å²) < 4.78 is 24.2. The fraction of sp³-hybridized carbons (Fsp3) is 0.0909. The van der Waals surface area contributed by atoms with Gasteiger partial charge in [-0.25, -0.2) is 9.37 Å². The minimum atomic E-state index is -0.734. The molecule has 1 atom stereocenters. The van der Waals surface area contributed by atoms with Gasteiger partial charge in [0.1, 0.15) is 17.1 Å². The summed E-state index contributed by atoms with van der Waals surface area (Å²) in [5.41, 5.74) is 2.95. The number of halogens is 1. The zero-order valence-corrected chi connectivity index (χ0v) is 15.1. The number of benzene rings is 3. The third-order valence-corrected chi connectivity index (χ3v) is 4.19. The first-order valence-electron chi connectivity index (χ1n) is 8.77. The topological polar surface area (TPSA) is 64.4 Å². The molecule has 28 heavy (non-hydrogen) atoms. The second-order valence-corrected chi connectivity index (χ2v) is 6.27. The number of anilines is 1. The van der Waals surface area contributed by atoms with E-state index < -0.39 is 6.10 Å². The molecule has 3 aromatic carbocycles. The number of carbonyl (C=O) groups is 1. The Bertz CT molecular complexity index is 1070. The van der Waals surface area contributed by atoms with E-state index >= 15 is 0 Å². The number of para-hydroxylation sites is 2. The maximum Gasteiger partial charge on any atom is 0.265 e. The summed E-state index contributed by atoms with van der Waals surface area (Å²) in [6.45, 7) is 1.63. The van der Waals surface area contributed by atoms with Gasteiger partial charge in [-0.2, -0.15) is 0 Å². The summed E-state index contributed by atoms with van der Waals surface area (Å²) in [5, 5.41) is 2.79. The number of carbonyl (C=O) groups excluding carboxylic acids is 1. The normalized spacial score (nSPS) is 11.9. The number of oxazole rings is 1. The number of aromatic nitrogens is 1. The molecule has 4 aromatic rings. The van der Waals surface area contributed by atoms with Crippen LogP contribution in [0.5, 0.6) is 5.75 Å². The highest BCUT2D eigenvalue weighted by Gasteiger charge is 2.15. The lowest BCUT2D eigenvalue weighted by atomic mass is 10.2. The molecule has 0 saturated carbocycles. The fourth-order valence-electron chi connectivity index (χ4n) is 2.71. The van der Waals surface area contributed by atoms with Crippen molar-refractivity contribution < 1.29 is 18.3 Å². The molecular weight excluding hydrogens is 359 g/mol. The third kappa shape index (κ3) is 3.86. The summed E-state index contributed by atoms with van der Waals surface area (Å²) in [6, 6.07) is 20.3. The Kier molecular flexibility index (Phi) is 4.76. The number of rotatable bonds is 5. The van der Waals surface area contributed by atoms with Gasteiger partial charge in [-0.1, -0.05) is 12.1 Å². The van der Waals surface area contributed by atoms with Crippen molar-refractivity contribution in [1.82, 2.24) is 4.98 Å². The van der Waals surface area contributed by atoms with Gasteiger partial charge in [-0.3, -0.25) is 4.79 Å². The smallest absolute Gasteiger partial charge is 0.265 e. The number of hydrogen-bond acceptors (Lipinski definition) is 4. The zero-order chi connectivity index (χ0) is 19.5. The Balaban J connectivity index is 1.42. The van der Waals surface area contributed by atoms with E-state index in [4.69, 9.17) is 9.15 Å². The van der Waals surface area contributed by atoms with Crippen LogP contribution in [-0.2, 0) is 4.79 Å². The van der Waals surface area contributed by atoms with E-state index in [0.29, 0.717) is 17.3 Å². The Morgan fingerprint density at radius 2 is 1.75 bits per heavy atom.